The van der Waals surface area contributed by atoms with Crippen LogP contribution in [0.1, 0.15) is 12.5 Å². The molecule has 0 N–H and O–H groups in total. The molecule has 0 unspecified atom stereocenters. The maximum absolute atomic E-state index is 13.0. The van der Waals surface area contributed by atoms with Gasteiger partial charge in [-0.25, -0.2) is 0 Å². The van der Waals surface area contributed by atoms with Gasteiger partial charge in [0.1, 0.15) is 0 Å². The molecule has 158 valence electrons. The van der Waals surface area contributed by atoms with Gasteiger partial charge in [0.15, 0.2) is 0 Å². The second kappa shape index (κ2) is 8.59. The van der Waals surface area contributed by atoms with E-state index in [9.17, 15) is 21.6 Å². The summed E-state index contributed by atoms with van der Waals surface area (Å²) in [5, 5.41) is 6.61. The zero-order chi connectivity index (χ0) is 22.1. The lowest BCUT2D eigenvalue weighted by atomic mass is 10.1. The average Bonchev–Trinajstić information content (AvgIpc) is 2.59. The Balaban J connectivity index is 2.54. The predicted octanol–water partition coefficient (Wildman–Crippen LogP) is 5.79. The molecule has 0 aromatic heterocycles. The van der Waals surface area contributed by atoms with Crippen LogP contribution in [0.3, 0.4) is 0 Å². The number of benzene rings is 2. The van der Waals surface area contributed by atoms with Gasteiger partial charge in [0.2, 0.25) is 0 Å². The molecular weight excluding hydrogens is 474 g/mol. The first-order valence-electron chi connectivity index (χ1n) is 7.85. The number of anilines is 2. The topological polar surface area (TPSA) is 53.0 Å². The van der Waals surface area contributed by atoms with E-state index in [4.69, 9.17) is 34.8 Å². The maximum atomic E-state index is 13.0. The first kappa shape index (κ1) is 23.6. The van der Waals surface area contributed by atoms with E-state index < -0.39 is 15.5 Å². The van der Waals surface area contributed by atoms with Crippen LogP contribution in [0.4, 0.5) is 24.5 Å². The largest absolute Gasteiger partial charge is 0.516 e. The van der Waals surface area contributed by atoms with Crippen LogP contribution in [0.2, 0.25) is 15.1 Å². The van der Waals surface area contributed by atoms with Gasteiger partial charge in [-0.15, -0.1) is 0 Å². The zero-order valence-corrected chi connectivity index (χ0v) is 18.4. The minimum atomic E-state index is -5.60. The Morgan fingerprint density at radius 1 is 0.966 bits per heavy atom. The lowest BCUT2D eigenvalue weighted by Gasteiger charge is -2.24. The van der Waals surface area contributed by atoms with Gasteiger partial charge in [-0.05, 0) is 43.3 Å². The van der Waals surface area contributed by atoms with Crippen molar-refractivity contribution in [1.29, 1.82) is 0 Å². The van der Waals surface area contributed by atoms with Crippen LogP contribution in [-0.4, -0.2) is 33.7 Å². The van der Waals surface area contributed by atoms with Gasteiger partial charge in [-0.3, -0.25) is 9.31 Å². The summed E-state index contributed by atoms with van der Waals surface area (Å²) >= 11 is 18.0. The third kappa shape index (κ3) is 5.09. The fourth-order valence-corrected chi connectivity index (χ4v) is 3.87. The van der Waals surface area contributed by atoms with Gasteiger partial charge >= 0.3 is 15.5 Å². The average molecular weight is 489 g/mol. The Labute approximate surface area is 181 Å². The van der Waals surface area contributed by atoms with Gasteiger partial charge in [0.05, 0.1) is 22.1 Å². The van der Waals surface area contributed by atoms with Crippen LogP contribution in [0.5, 0.6) is 0 Å². The van der Waals surface area contributed by atoms with Crippen molar-refractivity contribution in [1.82, 2.24) is 0 Å². The van der Waals surface area contributed by atoms with Gasteiger partial charge in [0, 0.05) is 29.7 Å². The zero-order valence-electron chi connectivity index (χ0n) is 15.3. The number of hydrogen-bond acceptors (Lipinski definition) is 4. The van der Waals surface area contributed by atoms with Gasteiger partial charge in [-0.1, -0.05) is 34.8 Å². The molecule has 0 heterocycles. The standard InChI is InChI=1S/C17H15Cl3F3N3O2S/c1-10(24-25(2)16-7-5-12(19)9-14(16)20)13-8-11(18)4-6-15(13)26(3)29(27,28)17(21,22)23/h4-9H,1-3H3/b24-10+. The molecule has 29 heavy (non-hydrogen) atoms. The fraction of sp³-hybridized carbons (Fsp3) is 0.235. The number of alkyl halides is 3. The van der Waals surface area contributed by atoms with Crippen molar-refractivity contribution in [3.63, 3.8) is 0 Å². The third-order valence-electron chi connectivity index (χ3n) is 3.90. The highest BCUT2D eigenvalue weighted by Crippen LogP contribution is 2.34. The Hall–Kier alpha value is -1.68. The minimum absolute atomic E-state index is 0.102. The summed E-state index contributed by atoms with van der Waals surface area (Å²) in [6.45, 7) is 1.50. The number of sulfonamides is 1. The summed E-state index contributed by atoms with van der Waals surface area (Å²) in [5.41, 5.74) is -4.90. The van der Waals surface area contributed by atoms with Crippen LogP contribution in [-0.2, 0) is 10.0 Å². The molecule has 0 aliphatic heterocycles. The molecule has 0 saturated heterocycles. The molecule has 0 saturated carbocycles. The van der Waals surface area contributed by atoms with Crippen molar-refractivity contribution in [2.45, 2.75) is 12.4 Å². The highest BCUT2D eigenvalue weighted by molar-refractivity contribution is 7.93. The Kier molecular flexibility index (Phi) is 6.99. The van der Waals surface area contributed by atoms with E-state index in [2.05, 4.69) is 5.10 Å². The van der Waals surface area contributed by atoms with Crippen LogP contribution < -0.4 is 9.31 Å². The molecule has 0 spiro atoms. The maximum Gasteiger partial charge on any atom is 0.516 e. The normalized spacial score (nSPS) is 12.8. The minimum Gasteiger partial charge on any atom is -0.267 e. The third-order valence-corrected chi connectivity index (χ3v) is 6.17. The van der Waals surface area contributed by atoms with Crippen LogP contribution >= 0.6 is 34.8 Å². The molecule has 0 fully saturated rings. The van der Waals surface area contributed by atoms with Crippen molar-refractivity contribution in [3.05, 3.63) is 57.0 Å². The second-order valence-corrected chi connectivity index (χ2v) is 9.13. The van der Waals surface area contributed by atoms with Crippen LogP contribution in [0.15, 0.2) is 41.5 Å². The molecule has 5 nitrogen and oxygen atoms in total. The molecule has 0 bridgehead atoms. The number of halogens is 6. The summed E-state index contributed by atoms with van der Waals surface area (Å²) in [4.78, 5) is 0. The van der Waals surface area contributed by atoms with E-state index >= 15 is 0 Å². The lowest BCUT2D eigenvalue weighted by molar-refractivity contribution is -0.0437. The molecule has 2 aromatic rings. The highest BCUT2D eigenvalue weighted by atomic mass is 35.5. The summed E-state index contributed by atoms with van der Waals surface area (Å²) in [6.07, 6.45) is 0. The molecular formula is C17H15Cl3F3N3O2S. The Morgan fingerprint density at radius 3 is 2.00 bits per heavy atom. The van der Waals surface area contributed by atoms with Gasteiger partial charge in [0.25, 0.3) is 0 Å². The van der Waals surface area contributed by atoms with E-state index in [1.165, 1.54) is 36.2 Å². The Morgan fingerprint density at radius 2 is 1.48 bits per heavy atom. The second-order valence-electron chi connectivity index (χ2n) is 5.88. The van der Waals surface area contributed by atoms with E-state index in [-0.39, 0.29) is 26.3 Å². The smallest absolute Gasteiger partial charge is 0.267 e. The number of hydrazone groups is 1. The first-order chi connectivity index (χ1) is 13.3. The monoisotopic (exact) mass is 487 g/mol. The molecule has 0 amide bonds. The van der Waals surface area contributed by atoms with Crippen molar-refractivity contribution < 1.29 is 21.6 Å². The summed E-state index contributed by atoms with van der Waals surface area (Å²) in [5.74, 6) is 0. The molecule has 2 rings (SSSR count). The van der Waals surface area contributed by atoms with Crippen molar-refractivity contribution >= 4 is 61.9 Å². The predicted molar refractivity (Wildman–Crippen MR) is 112 cm³/mol. The van der Waals surface area contributed by atoms with E-state index in [0.29, 0.717) is 15.7 Å². The summed E-state index contributed by atoms with van der Waals surface area (Å²) in [6, 6.07) is 8.51. The van der Waals surface area contributed by atoms with Crippen molar-refractivity contribution in [2.75, 3.05) is 23.4 Å². The van der Waals surface area contributed by atoms with Crippen molar-refractivity contribution in [2.24, 2.45) is 5.10 Å². The first-order valence-corrected chi connectivity index (χ1v) is 10.4. The summed E-state index contributed by atoms with van der Waals surface area (Å²) in [7, 11) is -3.23. The lowest BCUT2D eigenvalue weighted by Crippen LogP contribution is -2.38. The van der Waals surface area contributed by atoms with Crippen molar-refractivity contribution in [3.8, 4) is 0 Å². The van der Waals surface area contributed by atoms with E-state index in [1.54, 1.807) is 19.2 Å². The van der Waals surface area contributed by atoms with E-state index in [1.807, 2.05) is 0 Å². The van der Waals surface area contributed by atoms with Gasteiger partial charge < -0.3 is 0 Å². The molecule has 0 aliphatic rings. The fourth-order valence-electron chi connectivity index (χ4n) is 2.43. The molecule has 0 aliphatic carbocycles. The highest BCUT2D eigenvalue weighted by Gasteiger charge is 2.49. The van der Waals surface area contributed by atoms with E-state index in [0.717, 1.165) is 7.05 Å². The summed E-state index contributed by atoms with van der Waals surface area (Å²) < 4.78 is 62.7. The molecule has 12 heteroatoms. The number of rotatable bonds is 5. The molecule has 0 atom stereocenters. The Bertz CT molecular complexity index is 1060. The van der Waals surface area contributed by atoms with Gasteiger partial charge in [-0.2, -0.15) is 26.7 Å². The number of nitrogens with zero attached hydrogens (tertiary/aromatic N) is 3. The quantitative estimate of drug-likeness (QED) is 0.395. The molecule has 2 aromatic carbocycles. The number of hydrogen-bond donors (Lipinski definition) is 0. The van der Waals surface area contributed by atoms with Crippen LogP contribution in [0, 0.1) is 0 Å². The van der Waals surface area contributed by atoms with Crippen LogP contribution in [0.25, 0.3) is 0 Å². The molecule has 0 radical (unpaired) electrons. The SMILES string of the molecule is C/C(=N\N(C)c1ccc(Cl)cc1Cl)c1cc(Cl)ccc1N(C)S(=O)(=O)C(F)(F)F.